The zero-order valence-electron chi connectivity index (χ0n) is 9.81. The zero-order valence-corrected chi connectivity index (χ0v) is 9.81. The van der Waals surface area contributed by atoms with E-state index in [-0.39, 0.29) is 18.7 Å². The van der Waals surface area contributed by atoms with E-state index in [1.54, 1.807) is 19.1 Å². The number of carboxylic acids is 1. The Hall–Kier alpha value is -2.17. The van der Waals surface area contributed by atoms with Crippen molar-refractivity contribution in [2.24, 2.45) is 0 Å². The van der Waals surface area contributed by atoms with Crippen LogP contribution in [0.2, 0.25) is 0 Å². The molecule has 0 atom stereocenters. The smallest absolute Gasteiger partial charge is 0.303 e. The number of halogens is 1. The highest BCUT2D eigenvalue weighted by molar-refractivity contribution is 5.67. The molecule has 0 bridgehead atoms. The number of carboxylic acid groups (broad SMARTS) is 1. The molecule has 2 aromatic rings. The van der Waals surface area contributed by atoms with Gasteiger partial charge in [0.2, 0.25) is 0 Å². The van der Waals surface area contributed by atoms with Crippen LogP contribution in [-0.2, 0) is 11.2 Å². The minimum atomic E-state index is -0.894. The van der Waals surface area contributed by atoms with Crippen LogP contribution in [0.4, 0.5) is 4.39 Å². The van der Waals surface area contributed by atoms with Crippen molar-refractivity contribution < 1.29 is 18.7 Å². The van der Waals surface area contributed by atoms with Gasteiger partial charge >= 0.3 is 5.97 Å². The number of rotatable bonds is 4. The summed E-state index contributed by atoms with van der Waals surface area (Å²) in [5.74, 6) is -0.277. The molecule has 18 heavy (non-hydrogen) atoms. The molecule has 0 unspecified atom stereocenters. The van der Waals surface area contributed by atoms with Crippen molar-refractivity contribution in [3.8, 4) is 11.3 Å². The van der Waals surface area contributed by atoms with Gasteiger partial charge in [0.1, 0.15) is 5.82 Å². The van der Waals surface area contributed by atoms with Crippen LogP contribution in [0, 0.1) is 12.7 Å². The molecule has 0 radical (unpaired) electrons. The summed E-state index contributed by atoms with van der Waals surface area (Å²) >= 11 is 0. The lowest BCUT2D eigenvalue weighted by Gasteiger charge is -1.97. The van der Waals surface area contributed by atoms with Crippen molar-refractivity contribution in [1.82, 2.24) is 4.98 Å². The van der Waals surface area contributed by atoms with E-state index in [4.69, 9.17) is 9.52 Å². The Morgan fingerprint density at radius 2 is 2.06 bits per heavy atom. The van der Waals surface area contributed by atoms with E-state index >= 15 is 0 Å². The third-order valence-electron chi connectivity index (χ3n) is 2.50. The van der Waals surface area contributed by atoms with E-state index < -0.39 is 5.97 Å². The summed E-state index contributed by atoms with van der Waals surface area (Å²) in [4.78, 5) is 14.6. The molecule has 0 aliphatic rings. The maximum absolute atomic E-state index is 12.8. The van der Waals surface area contributed by atoms with Crippen LogP contribution >= 0.6 is 0 Å². The second kappa shape index (κ2) is 5.00. The topological polar surface area (TPSA) is 63.3 Å². The van der Waals surface area contributed by atoms with Gasteiger partial charge in [-0.25, -0.2) is 9.37 Å². The van der Waals surface area contributed by atoms with Crippen LogP contribution in [0.3, 0.4) is 0 Å². The SMILES string of the molecule is Cc1nc(CCC(=O)O)oc1-c1ccc(F)cc1. The van der Waals surface area contributed by atoms with Gasteiger partial charge in [0.05, 0.1) is 12.1 Å². The Labute approximate surface area is 103 Å². The molecule has 1 N–H and O–H groups in total. The van der Waals surface area contributed by atoms with Crippen molar-refractivity contribution in [2.45, 2.75) is 19.8 Å². The lowest BCUT2D eigenvalue weighted by atomic mass is 10.1. The highest BCUT2D eigenvalue weighted by Crippen LogP contribution is 2.25. The molecular formula is C13H12FNO3. The second-order valence-electron chi connectivity index (χ2n) is 3.92. The summed E-state index contributed by atoms with van der Waals surface area (Å²) < 4.78 is 18.3. The lowest BCUT2D eigenvalue weighted by molar-refractivity contribution is -0.137. The van der Waals surface area contributed by atoms with Gasteiger partial charge in [-0.05, 0) is 31.2 Å². The van der Waals surface area contributed by atoms with Gasteiger partial charge in [-0.15, -0.1) is 0 Å². The Kier molecular flexibility index (Phi) is 3.41. The molecule has 0 amide bonds. The Balaban J connectivity index is 2.23. The molecule has 0 fully saturated rings. The van der Waals surface area contributed by atoms with Gasteiger partial charge < -0.3 is 9.52 Å². The highest BCUT2D eigenvalue weighted by atomic mass is 19.1. The van der Waals surface area contributed by atoms with Crippen molar-refractivity contribution >= 4 is 5.97 Å². The minimum Gasteiger partial charge on any atom is -0.481 e. The quantitative estimate of drug-likeness (QED) is 0.904. The van der Waals surface area contributed by atoms with Crippen LogP contribution in [0.1, 0.15) is 18.0 Å². The van der Waals surface area contributed by atoms with E-state index in [0.29, 0.717) is 17.3 Å². The predicted molar refractivity (Wildman–Crippen MR) is 62.6 cm³/mol. The standard InChI is InChI=1S/C13H12FNO3/c1-8-13(9-2-4-10(14)5-3-9)18-11(15-8)6-7-12(16)17/h2-5H,6-7H2,1H3,(H,16,17). The molecular weight excluding hydrogens is 237 g/mol. The number of benzene rings is 1. The molecule has 4 nitrogen and oxygen atoms in total. The lowest BCUT2D eigenvalue weighted by Crippen LogP contribution is -1.97. The molecule has 1 aromatic heterocycles. The highest BCUT2D eigenvalue weighted by Gasteiger charge is 2.12. The minimum absolute atomic E-state index is 0.0250. The first-order chi connectivity index (χ1) is 8.56. The summed E-state index contributed by atoms with van der Waals surface area (Å²) in [6.07, 6.45) is 0.222. The molecule has 0 aliphatic heterocycles. The van der Waals surface area contributed by atoms with Gasteiger partial charge in [0.15, 0.2) is 11.7 Å². The third-order valence-corrected chi connectivity index (χ3v) is 2.50. The summed E-state index contributed by atoms with van der Waals surface area (Å²) in [5.41, 5.74) is 1.39. The number of oxazole rings is 1. The average molecular weight is 249 g/mol. The summed E-state index contributed by atoms with van der Waals surface area (Å²) in [7, 11) is 0. The van der Waals surface area contributed by atoms with Crippen LogP contribution in [0.25, 0.3) is 11.3 Å². The van der Waals surface area contributed by atoms with Crippen molar-refractivity contribution in [2.75, 3.05) is 0 Å². The Morgan fingerprint density at radius 1 is 1.39 bits per heavy atom. The normalized spacial score (nSPS) is 10.6. The largest absolute Gasteiger partial charge is 0.481 e. The van der Waals surface area contributed by atoms with Crippen molar-refractivity contribution in [3.05, 3.63) is 41.7 Å². The monoisotopic (exact) mass is 249 g/mol. The first-order valence-electron chi connectivity index (χ1n) is 5.50. The van der Waals surface area contributed by atoms with Crippen LogP contribution in [0.5, 0.6) is 0 Å². The van der Waals surface area contributed by atoms with E-state index in [1.165, 1.54) is 12.1 Å². The van der Waals surface area contributed by atoms with Gasteiger partial charge in [-0.3, -0.25) is 4.79 Å². The number of hydrogen-bond acceptors (Lipinski definition) is 3. The maximum Gasteiger partial charge on any atom is 0.303 e. The Morgan fingerprint density at radius 3 is 2.67 bits per heavy atom. The van der Waals surface area contributed by atoms with Crippen molar-refractivity contribution in [1.29, 1.82) is 0 Å². The molecule has 0 spiro atoms. The molecule has 0 saturated carbocycles. The molecule has 94 valence electrons. The van der Waals surface area contributed by atoms with Gasteiger partial charge in [0.25, 0.3) is 0 Å². The summed E-state index contributed by atoms with van der Waals surface area (Å²) in [6, 6.07) is 5.88. The summed E-state index contributed by atoms with van der Waals surface area (Å²) in [5, 5.41) is 8.59. The van der Waals surface area contributed by atoms with Crippen LogP contribution < -0.4 is 0 Å². The molecule has 0 aliphatic carbocycles. The predicted octanol–water partition coefficient (Wildman–Crippen LogP) is 2.81. The van der Waals surface area contributed by atoms with Crippen LogP contribution in [-0.4, -0.2) is 16.1 Å². The zero-order chi connectivity index (χ0) is 13.1. The fourth-order valence-electron chi connectivity index (χ4n) is 1.64. The molecule has 2 rings (SSSR count). The van der Waals surface area contributed by atoms with Crippen molar-refractivity contribution in [3.63, 3.8) is 0 Å². The second-order valence-corrected chi connectivity index (χ2v) is 3.92. The van der Waals surface area contributed by atoms with E-state index in [0.717, 1.165) is 5.56 Å². The van der Waals surface area contributed by atoms with Gasteiger partial charge in [-0.2, -0.15) is 0 Å². The molecule has 0 saturated heterocycles. The number of aryl methyl sites for hydroxylation is 2. The number of aromatic nitrogens is 1. The van der Waals surface area contributed by atoms with E-state index in [9.17, 15) is 9.18 Å². The molecule has 5 heteroatoms. The number of carbonyl (C=O) groups is 1. The number of nitrogens with zero attached hydrogens (tertiary/aromatic N) is 1. The fourth-order valence-corrected chi connectivity index (χ4v) is 1.64. The van der Waals surface area contributed by atoms with E-state index in [2.05, 4.69) is 4.98 Å². The fraction of sp³-hybridized carbons (Fsp3) is 0.231. The average Bonchev–Trinajstić information content (AvgIpc) is 2.69. The van der Waals surface area contributed by atoms with Crippen LogP contribution in [0.15, 0.2) is 28.7 Å². The Bertz CT molecular complexity index is 560. The first kappa shape index (κ1) is 12.3. The van der Waals surface area contributed by atoms with Gasteiger partial charge in [-0.1, -0.05) is 0 Å². The van der Waals surface area contributed by atoms with Gasteiger partial charge in [0, 0.05) is 12.0 Å². The molecule has 1 aromatic carbocycles. The third kappa shape index (κ3) is 2.74. The van der Waals surface area contributed by atoms with E-state index in [1.807, 2.05) is 0 Å². The number of aliphatic carboxylic acids is 1. The first-order valence-corrected chi connectivity index (χ1v) is 5.50. The summed E-state index contributed by atoms with van der Waals surface area (Å²) in [6.45, 7) is 1.77. The maximum atomic E-state index is 12.8. The molecule has 1 heterocycles. The number of hydrogen-bond donors (Lipinski definition) is 1.